The van der Waals surface area contributed by atoms with Crippen LogP contribution in [0.25, 0.3) is 5.70 Å². The lowest BCUT2D eigenvalue weighted by molar-refractivity contribution is 0.0165. The number of carbonyl (C=O) groups is 1. The first-order valence-electron chi connectivity index (χ1n) is 13.1. The number of benzene rings is 2. The minimum Gasteiger partial charge on any atom is -0.491 e. The summed E-state index contributed by atoms with van der Waals surface area (Å²) in [5.74, 6) is 0.716. The van der Waals surface area contributed by atoms with Crippen LogP contribution in [0, 0.1) is 0 Å². The number of nitrogens with one attached hydrogen (secondary N) is 3. The van der Waals surface area contributed by atoms with Gasteiger partial charge in [-0.2, -0.15) is 0 Å². The highest BCUT2D eigenvalue weighted by atomic mass is 16.5. The molecule has 0 saturated carbocycles. The number of urea groups is 1. The van der Waals surface area contributed by atoms with Crippen molar-refractivity contribution in [2.45, 2.75) is 59.5 Å². The van der Waals surface area contributed by atoms with Crippen LogP contribution in [-0.4, -0.2) is 51.8 Å². The molecular formula is C30H46N4O4. The second-order valence-electron chi connectivity index (χ2n) is 9.18. The number of amides is 2. The summed E-state index contributed by atoms with van der Waals surface area (Å²) >= 11 is 0. The normalized spacial score (nSPS) is 10.9. The fourth-order valence-corrected chi connectivity index (χ4v) is 2.98. The van der Waals surface area contributed by atoms with Crippen LogP contribution in [0.3, 0.4) is 0 Å². The Morgan fingerprint density at radius 3 is 2.18 bits per heavy atom. The van der Waals surface area contributed by atoms with Crippen LogP contribution in [0.4, 0.5) is 21.9 Å². The standard InChI is InChI=1S/C26H36N4O4.C4H10/c1-7-27-24-18-22(34-17-16-32-5)12-13-23(24)19(2)29-20-8-10-21(11-9-20)30-25(31)28-15-14-26(3,4)33-6;1-3-4-2/h7-13,18,29H,2,14-17H2,1,3-6H3,(H2,28,30,31);3-4H2,1-2H3. The largest absolute Gasteiger partial charge is 0.491 e. The molecule has 0 fully saturated rings. The Labute approximate surface area is 228 Å². The van der Waals surface area contributed by atoms with Crippen LogP contribution in [-0.2, 0) is 9.47 Å². The van der Waals surface area contributed by atoms with Crippen LogP contribution in [0.1, 0.15) is 59.4 Å². The van der Waals surface area contributed by atoms with Crippen LogP contribution in [0.5, 0.6) is 5.75 Å². The van der Waals surface area contributed by atoms with E-state index in [1.165, 1.54) is 12.8 Å². The average Bonchev–Trinajstić information content (AvgIpc) is 2.90. The van der Waals surface area contributed by atoms with Gasteiger partial charge in [0.25, 0.3) is 0 Å². The molecule has 0 aliphatic carbocycles. The first kappa shape index (κ1) is 32.7. The van der Waals surface area contributed by atoms with E-state index in [4.69, 9.17) is 14.2 Å². The molecule has 2 amide bonds. The molecule has 0 aliphatic heterocycles. The van der Waals surface area contributed by atoms with E-state index in [1.807, 2.05) is 63.2 Å². The van der Waals surface area contributed by atoms with E-state index in [9.17, 15) is 4.79 Å². The molecule has 8 heteroatoms. The molecule has 0 aliphatic rings. The number of ether oxygens (including phenoxy) is 3. The molecule has 2 rings (SSSR count). The van der Waals surface area contributed by atoms with Gasteiger partial charge in [-0.25, -0.2) is 4.79 Å². The number of rotatable bonds is 14. The number of methoxy groups -OCH3 is 2. The van der Waals surface area contributed by atoms with E-state index < -0.39 is 0 Å². The van der Waals surface area contributed by atoms with Gasteiger partial charge in [0.1, 0.15) is 12.4 Å². The summed E-state index contributed by atoms with van der Waals surface area (Å²) in [5.41, 5.74) is 3.56. The average molecular weight is 527 g/mol. The molecule has 0 heterocycles. The Bertz CT molecular complexity index is 1000. The lowest BCUT2D eigenvalue weighted by atomic mass is 10.1. The maximum absolute atomic E-state index is 12.1. The molecule has 0 aromatic heterocycles. The number of hydrogen-bond acceptors (Lipinski definition) is 6. The second kappa shape index (κ2) is 18.0. The Morgan fingerprint density at radius 1 is 1.00 bits per heavy atom. The van der Waals surface area contributed by atoms with Crippen molar-refractivity contribution in [1.29, 1.82) is 0 Å². The molecule has 0 unspecified atom stereocenters. The Morgan fingerprint density at radius 2 is 1.63 bits per heavy atom. The zero-order valence-electron chi connectivity index (χ0n) is 24.1. The van der Waals surface area contributed by atoms with Crippen molar-refractivity contribution >= 4 is 35.0 Å². The number of unbranched alkanes of at least 4 members (excludes halogenated alkanes) is 1. The molecule has 3 N–H and O–H groups in total. The summed E-state index contributed by atoms with van der Waals surface area (Å²) in [6, 6.07) is 12.8. The van der Waals surface area contributed by atoms with E-state index in [0.29, 0.717) is 43.3 Å². The van der Waals surface area contributed by atoms with Gasteiger partial charge < -0.3 is 30.2 Å². The highest BCUT2D eigenvalue weighted by Gasteiger charge is 2.16. The summed E-state index contributed by atoms with van der Waals surface area (Å²) in [7, 11) is 3.30. The van der Waals surface area contributed by atoms with E-state index in [0.717, 1.165) is 16.9 Å². The summed E-state index contributed by atoms with van der Waals surface area (Å²) in [6.45, 7) is 15.8. The molecular weight excluding hydrogens is 480 g/mol. The first-order chi connectivity index (χ1) is 18.2. The lowest BCUT2D eigenvalue weighted by Crippen LogP contribution is -2.34. The third-order valence-corrected chi connectivity index (χ3v) is 5.62. The predicted octanol–water partition coefficient (Wildman–Crippen LogP) is 7.26. The highest BCUT2D eigenvalue weighted by molar-refractivity contribution is 5.90. The Hall–Kier alpha value is -3.36. The summed E-state index contributed by atoms with van der Waals surface area (Å²) < 4.78 is 16.1. The van der Waals surface area contributed by atoms with Gasteiger partial charge in [0.05, 0.1) is 17.9 Å². The molecule has 2 aromatic rings. The molecule has 2 aromatic carbocycles. The zero-order valence-corrected chi connectivity index (χ0v) is 24.1. The SMILES string of the molecule is C=C(Nc1ccc(NC(=O)NCCC(C)(C)OC)cc1)c1ccc(OCCOC)cc1N=CC.CCCC. The fraction of sp³-hybridized carbons (Fsp3) is 0.467. The van der Waals surface area contributed by atoms with Gasteiger partial charge in [0, 0.05) is 55.7 Å². The molecule has 0 saturated heterocycles. The van der Waals surface area contributed by atoms with Crippen molar-refractivity contribution in [3.8, 4) is 5.75 Å². The molecule has 0 bridgehead atoms. The minimum atomic E-state index is -0.275. The number of aliphatic imine (C=N–C) groups is 1. The van der Waals surface area contributed by atoms with Gasteiger partial charge in [-0.05, 0) is 63.6 Å². The van der Waals surface area contributed by atoms with E-state index >= 15 is 0 Å². The van der Waals surface area contributed by atoms with E-state index in [1.54, 1.807) is 20.4 Å². The van der Waals surface area contributed by atoms with Crippen molar-refractivity contribution in [2.75, 3.05) is 44.6 Å². The topological polar surface area (TPSA) is 93.2 Å². The smallest absolute Gasteiger partial charge is 0.319 e. The second-order valence-corrected chi connectivity index (χ2v) is 9.18. The molecule has 38 heavy (non-hydrogen) atoms. The van der Waals surface area contributed by atoms with Crippen LogP contribution >= 0.6 is 0 Å². The maximum Gasteiger partial charge on any atom is 0.319 e. The minimum absolute atomic E-state index is 0.258. The first-order valence-corrected chi connectivity index (χ1v) is 13.1. The van der Waals surface area contributed by atoms with Crippen LogP contribution < -0.4 is 20.7 Å². The van der Waals surface area contributed by atoms with Crippen LogP contribution in [0.15, 0.2) is 54.0 Å². The van der Waals surface area contributed by atoms with E-state index in [2.05, 4.69) is 41.4 Å². The van der Waals surface area contributed by atoms with Gasteiger partial charge in [0.15, 0.2) is 0 Å². The lowest BCUT2D eigenvalue weighted by Gasteiger charge is -2.22. The van der Waals surface area contributed by atoms with Gasteiger partial charge in [-0.1, -0.05) is 33.3 Å². The fourth-order valence-electron chi connectivity index (χ4n) is 2.98. The summed E-state index contributed by atoms with van der Waals surface area (Å²) in [5, 5.41) is 8.96. The van der Waals surface area contributed by atoms with E-state index in [-0.39, 0.29) is 11.6 Å². The number of hydrogen-bond donors (Lipinski definition) is 3. The third-order valence-electron chi connectivity index (χ3n) is 5.62. The Kier molecular flexibility index (Phi) is 15.5. The van der Waals surface area contributed by atoms with Gasteiger partial charge in [0.2, 0.25) is 0 Å². The maximum atomic E-state index is 12.1. The van der Waals surface area contributed by atoms with Crippen molar-refractivity contribution in [1.82, 2.24) is 5.32 Å². The number of nitrogens with zero attached hydrogens (tertiary/aromatic N) is 1. The summed E-state index contributed by atoms with van der Waals surface area (Å²) in [4.78, 5) is 16.6. The Balaban J connectivity index is 0.00000168. The quantitative estimate of drug-likeness (QED) is 0.178. The van der Waals surface area contributed by atoms with Gasteiger partial charge in [-0.3, -0.25) is 4.99 Å². The molecule has 0 radical (unpaired) electrons. The number of anilines is 2. The van der Waals surface area contributed by atoms with Crippen molar-refractivity contribution in [2.24, 2.45) is 4.99 Å². The molecule has 210 valence electrons. The third kappa shape index (κ3) is 12.7. The highest BCUT2D eigenvalue weighted by Crippen LogP contribution is 2.31. The van der Waals surface area contributed by atoms with Crippen molar-refractivity contribution < 1.29 is 19.0 Å². The van der Waals surface area contributed by atoms with Gasteiger partial charge in [-0.15, -0.1) is 0 Å². The van der Waals surface area contributed by atoms with Crippen molar-refractivity contribution in [3.63, 3.8) is 0 Å². The zero-order chi connectivity index (χ0) is 28.4. The molecule has 0 atom stereocenters. The number of carbonyl (C=O) groups excluding carboxylic acids is 1. The summed E-state index contributed by atoms with van der Waals surface area (Å²) in [6.07, 6.45) is 5.08. The van der Waals surface area contributed by atoms with Crippen molar-refractivity contribution in [3.05, 3.63) is 54.6 Å². The molecule has 0 spiro atoms. The van der Waals surface area contributed by atoms with Gasteiger partial charge >= 0.3 is 6.03 Å². The molecule has 8 nitrogen and oxygen atoms in total. The van der Waals surface area contributed by atoms with Crippen LogP contribution in [0.2, 0.25) is 0 Å². The monoisotopic (exact) mass is 526 g/mol. The predicted molar refractivity (Wildman–Crippen MR) is 160 cm³/mol.